The number of hydrogen-bond acceptors (Lipinski definition) is 4. The quantitative estimate of drug-likeness (QED) is 0.822. The molecule has 1 atom stereocenters. The van der Waals surface area contributed by atoms with Gasteiger partial charge in [-0.1, -0.05) is 18.2 Å². The topological polar surface area (TPSA) is 59.0 Å². The second-order valence-electron chi connectivity index (χ2n) is 5.93. The molecule has 0 spiro atoms. The van der Waals surface area contributed by atoms with Gasteiger partial charge in [-0.15, -0.1) is 12.4 Å². The fraction of sp³-hybridized carbons (Fsp3) is 0.316. The molecular weight excluding hydrogens is 361 g/mol. The van der Waals surface area contributed by atoms with E-state index in [2.05, 4.69) is 4.90 Å². The lowest BCUT2D eigenvalue weighted by atomic mass is 10.1. The molecule has 2 aromatic rings. The van der Waals surface area contributed by atoms with Crippen molar-refractivity contribution in [2.75, 3.05) is 26.2 Å². The Hall–Kier alpha value is -2.15. The highest BCUT2D eigenvalue weighted by Gasteiger charge is 2.22. The lowest BCUT2D eigenvalue weighted by molar-refractivity contribution is -0.137. The summed E-state index contributed by atoms with van der Waals surface area (Å²) in [6, 6.07) is 13.5. The van der Waals surface area contributed by atoms with Crippen LogP contribution < -0.4 is 4.74 Å². The number of hydrogen-bond donors (Lipinski definition) is 1. The maximum absolute atomic E-state index is 13.2. The smallest absolute Gasteiger partial charge is 0.304 e. The predicted octanol–water partition coefficient (Wildman–Crippen LogP) is 3.89. The number of nitrogens with zero attached hydrogens (tertiary/aromatic N) is 1. The van der Waals surface area contributed by atoms with Crippen LogP contribution in [0.4, 0.5) is 4.39 Å². The molecule has 0 saturated carbocycles. The van der Waals surface area contributed by atoms with Crippen molar-refractivity contribution in [2.45, 2.75) is 12.5 Å². The number of aliphatic carboxylic acids is 1. The summed E-state index contributed by atoms with van der Waals surface area (Å²) in [6.45, 7) is 2.50. The first-order chi connectivity index (χ1) is 12.1. The van der Waals surface area contributed by atoms with Crippen LogP contribution in [0.5, 0.6) is 11.5 Å². The number of carbonyl (C=O) groups is 1. The number of ether oxygens (including phenoxy) is 2. The van der Waals surface area contributed by atoms with Crippen LogP contribution in [0.3, 0.4) is 0 Å². The van der Waals surface area contributed by atoms with Gasteiger partial charge in [-0.3, -0.25) is 9.69 Å². The SMILES string of the molecule is Cl.O=C(O)CCN1CCOC(c2ccc(Oc3cccc(F)c3)cc2)C1. The minimum atomic E-state index is -0.790. The molecule has 5 nitrogen and oxygen atoms in total. The van der Waals surface area contributed by atoms with E-state index in [4.69, 9.17) is 14.6 Å². The maximum Gasteiger partial charge on any atom is 0.304 e. The normalized spacial score (nSPS) is 17.3. The van der Waals surface area contributed by atoms with E-state index in [9.17, 15) is 9.18 Å². The highest BCUT2D eigenvalue weighted by Crippen LogP contribution is 2.27. The van der Waals surface area contributed by atoms with Crippen LogP contribution in [-0.2, 0) is 9.53 Å². The molecule has 0 aliphatic carbocycles. The first-order valence-corrected chi connectivity index (χ1v) is 8.19. The second-order valence-corrected chi connectivity index (χ2v) is 5.93. The summed E-state index contributed by atoms with van der Waals surface area (Å²) in [6.07, 6.45) is 0.0402. The highest BCUT2D eigenvalue weighted by atomic mass is 35.5. The summed E-state index contributed by atoms with van der Waals surface area (Å²) in [7, 11) is 0. The lowest BCUT2D eigenvalue weighted by Crippen LogP contribution is -2.39. The molecule has 3 rings (SSSR count). The fourth-order valence-electron chi connectivity index (χ4n) is 2.78. The molecule has 26 heavy (non-hydrogen) atoms. The molecule has 1 N–H and O–H groups in total. The van der Waals surface area contributed by atoms with Crippen molar-refractivity contribution in [1.82, 2.24) is 4.90 Å². The molecule has 0 aromatic heterocycles. The first kappa shape index (κ1) is 20.2. The van der Waals surface area contributed by atoms with E-state index in [1.807, 2.05) is 24.3 Å². The third-order valence-corrected chi connectivity index (χ3v) is 4.08. The Bertz CT molecular complexity index is 726. The molecular formula is C19H21ClFNO4. The molecule has 0 amide bonds. The summed E-state index contributed by atoms with van der Waals surface area (Å²) in [5.74, 6) is -0.0672. The zero-order valence-corrected chi connectivity index (χ0v) is 15.0. The average molecular weight is 382 g/mol. The minimum absolute atomic E-state index is 0. The Morgan fingerprint density at radius 1 is 1.23 bits per heavy atom. The van der Waals surface area contributed by atoms with E-state index in [-0.39, 0.29) is 30.7 Å². The molecule has 140 valence electrons. The van der Waals surface area contributed by atoms with Crippen molar-refractivity contribution in [3.8, 4) is 11.5 Å². The van der Waals surface area contributed by atoms with Crippen LogP contribution in [0.2, 0.25) is 0 Å². The van der Waals surface area contributed by atoms with Gasteiger partial charge in [0.2, 0.25) is 0 Å². The zero-order valence-electron chi connectivity index (χ0n) is 14.1. The van der Waals surface area contributed by atoms with E-state index in [0.717, 1.165) is 12.1 Å². The molecule has 1 fully saturated rings. The average Bonchev–Trinajstić information content (AvgIpc) is 2.61. The zero-order chi connectivity index (χ0) is 17.6. The summed E-state index contributed by atoms with van der Waals surface area (Å²) < 4.78 is 24.6. The van der Waals surface area contributed by atoms with E-state index < -0.39 is 5.97 Å². The standard InChI is InChI=1S/C19H20FNO4.ClH/c20-15-2-1-3-17(12-15)25-16-6-4-14(5-7-16)18-13-21(10-11-24-18)9-8-19(22)23;/h1-7,12,18H,8-11,13H2,(H,22,23);1H. The van der Waals surface area contributed by atoms with Gasteiger partial charge < -0.3 is 14.6 Å². The lowest BCUT2D eigenvalue weighted by Gasteiger charge is -2.32. The summed E-state index contributed by atoms with van der Waals surface area (Å²) in [4.78, 5) is 12.8. The summed E-state index contributed by atoms with van der Waals surface area (Å²) in [5, 5.41) is 8.80. The van der Waals surface area contributed by atoms with E-state index >= 15 is 0 Å². The molecule has 1 saturated heterocycles. The Morgan fingerprint density at radius 2 is 2.00 bits per heavy atom. The monoisotopic (exact) mass is 381 g/mol. The number of rotatable bonds is 6. The molecule has 0 bridgehead atoms. The Morgan fingerprint density at radius 3 is 2.69 bits per heavy atom. The van der Waals surface area contributed by atoms with Crippen molar-refractivity contribution >= 4 is 18.4 Å². The number of halogens is 2. The number of carboxylic acid groups (broad SMARTS) is 1. The van der Waals surface area contributed by atoms with E-state index in [1.165, 1.54) is 12.1 Å². The van der Waals surface area contributed by atoms with Crippen LogP contribution >= 0.6 is 12.4 Å². The molecule has 0 radical (unpaired) electrons. The van der Waals surface area contributed by atoms with Gasteiger partial charge in [0, 0.05) is 25.7 Å². The Kier molecular flexibility index (Phi) is 7.38. The van der Waals surface area contributed by atoms with Crippen LogP contribution in [0.15, 0.2) is 48.5 Å². The van der Waals surface area contributed by atoms with Crippen LogP contribution in [0, 0.1) is 5.82 Å². The summed E-state index contributed by atoms with van der Waals surface area (Å²) in [5.41, 5.74) is 1.01. The molecule has 1 aliphatic rings. The molecule has 1 aliphatic heterocycles. The Labute approximate surface area is 157 Å². The minimum Gasteiger partial charge on any atom is -0.481 e. The van der Waals surface area contributed by atoms with Gasteiger partial charge in [0.25, 0.3) is 0 Å². The number of benzene rings is 2. The molecule has 2 aromatic carbocycles. The fourth-order valence-corrected chi connectivity index (χ4v) is 2.78. The first-order valence-electron chi connectivity index (χ1n) is 8.19. The maximum atomic E-state index is 13.2. The van der Waals surface area contributed by atoms with Gasteiger partial charge in [0.15, 0.2) is 0 Å². The van der Waals surface area contributed by atoms with E-state index in [1.54, 1.807) is 12.1 Å². The van der Waals surface area contributed by atoms with Crippen molar-refractivity contribution < 1.29 is 23.8 Å². The van der Waals surface area contributed by atoms with Gasteiger partial charge in [0.1, 0.15) is 17.3 Å². The van der Waals surface area contributed by atoms with Crippen molar-refractivity contribution in [1.29, 1.82) is 0 Å². The third-order valence-electron chi connectivity index (χ3n) is 4.08. The second kappa shape index (κ2) is 9.52. The van der Waals surface area contributed by atoms with Gasteiger partial charge in [0.05, 0.1) is 19.1 Å². The van der Waals surface area contributed by atoms with Gasteiger partial charge in [-0.25, -0.2) is 4.39 Å². The van der Waals surface area contributed by atoms with E-state index in [0.29, 0.717) is 31.2 Å². The summed E-state index contributed by atoms with van der Waals surface area (Å²) >= 11 is 0. The van der Waals surface area contributed by atoms with Crippen molar-refractivity contribution in [3.05, 3.63) is 59.9 Å². The third kappa shape index (κ3) is 5.69. The predicted molar refractivity (Wildman–Crippen MR) is 97.5 cm³/mol. The van der Waals surface area contributed by atoms with Crippen molar-refractivity contribution in [3.63, 3.8) is 0 Å². The molecule has 1 heterocycles. The largest absolute Gasteiger partial charge is 0.481 e. The number of morpholine rings is 1. The molecule has 1 unspecified atom stereocenters. The van der Waals surface area contributed by atoms with Gasteiger partial charge in [-0.05, 0) is 29.8 Å². The highest BCUT2D eigenvalue weighted by molar-refractivity contribution is 5.85. The van der Waals surface area contributed by atoms with Crippen LogP contribution in [0.25, 0.3) is 0 Å². The van der Waals surface area contributed by atoms with Crippen molar-refractivity contribution in [2.24, 2.45) is 0 Å². The van der Waals surface area contributed by atoms with Crippen LogP contribution in [-0.4, -0.2) is 42.2 Å². The van der Waals surface area contributed by atoms with Gasteiger partial charge >= 0.3 is 5.97 Å². The Balaban J connectivity index is 0.00000243. The van der Waals surface area contributed by atoms with Crippen LogP contribution in [0.1, 0.15) is 18.1 Å². The van der Waals surface area contributed by atoms with Gasteiger partial charge in [-0.2, -0.15) is 0 Å². The molecule has 7 heteroatoms. The number of carboxylic acids is 1.